The van der Waals surface area contributed by atoms with Crippen molar-refractivity contribution in [1.82, 2.24) is 0 Å². The number of aryl methyl sites for hydroxylation is 1. The summed E-state index contributed by atoms with van der Waals surface area (Å²) in [4.78, 5) is -0.201. The van der Waals surface area contributed by atoms with Gasteiger partial charge in [0.15, 0.2) is 0 Å². The predicted molar refractivity (Wildman–Crippen MR) is 82.6 cm³/mol. The molecular weight excluding hydrogens is 375 g/mol. The normalized spacial score (nSPS) is 12.3. The maximum absolute atomic E-state index is 13.9. The predicted octanol–water partition coefficient (Wildman–Crippen LogP) is 5.39. The van der Waals surface area contributed by atoms with E-state index in [9.17, 15) is 4.39 Å². The zero-order chi connectivity index (χ0) is 14.0. The lowest BCUT2D eigenvalue weighted by molar-refractivity contribution is 0.411. The molecule has 0 fully saturated rings. The number of benzene rings is 2. The lowest BCUT2D eigenvalue weighted by Crippen LogP contribution is -1.99. The lowest BCUT2D eigenvalue weighted by atomic mass is 10.0. The Morgan fingerprint density at radius 3 is 2.53 bits per heavy atom. The van der Waals surface area contributed by atoms with Gasteiger partial charge >= 0.3 is 0 Å². The van der Waals surface area contributed by atoms with E-state index in [1.165, 1.54) is 6.07 Å². The molecule has 0 aromatic heterocycles. The van der Waals surface area contributed by atoms with Crippen LogP contribution in [-0.4, -0.2) is 7.11 Å². The summed E-state index contributed by atoms with van der Waals surface area (Å²) >= 11 is 6.96. The van der Waals surface area contributed by atoms with Gasteiger partial charge in [-0.15, -0.1) is 0 Å². The molecule has 0 radical (unpaired) electrons. The fourth-order valence-electron chi connectivity index (χ4n) is 1.98. The van der Waals surface area contributed by atoms with Crippen LogP contribution in [0, 0.1) is 12.7 Å². The highest BCUT2D eigenvalue weighted by atomic mass is 79.9. The van der Waals surface area contributed by atoms with Gasteiger partial charge in [0.25, 0.3) is 0 Å². The van der Waals surface area contributed by atoms with Crippen molar-refractivity contribution < 1.29 is 9.13 Å². The fourth-order valence-corrected chi connectivity index (χ4v) is 3.61. The topological polar surface area (TPSA) is 9.23 Å². The van der Waals surface area contributed by atoms with Gasteiger partial charge in [0.05, 0.1) is 11.9 Å². The van der Waals surface area contributed by atoms with E-state index >= 15 is 0 Å². The van der Waals surface area contributed by atoms with E-state index in [1.807, 2.05) is 31.2 Å². The Morgan fingerprint density at radius 1 is 1.21 bits per heavy atom. The standard InChI is InChI=1S/C15H13Br2FO/c1-9-8-10(6-7-13(9)19-2)15(17)14-11(16)4-3-5-12(14)18/h3-8,15H,1-2H3. The Labute approximate surface area is 129 Å². The van der Waals surface area contributed by atoms with Crippen LogP contribution in [0.1, 0.15) is 21.5 Å². The summed E-state index contributed by atoms with van der Waals surface area (Å²) in [6, 6.07) is 10.8. The molecule has 1 atom stereocenters. The molecule has 1 unspecified atom stereocenters. The smallest absolute Gasteiger partial charge is 0.129 e. The second-order valence-corrected chi connectivity index (χ2v) is 6.00. The van der Waals surface area contributed by atoms with Crippen LogP contribution in [-0.2, 0) is 0 Å². The van der Waals surface area contributed by atoms with E-state index in [0.717, 1.165) is 21.3 Å². The zero-order valence-corrected chi connectivity index (χ0v) is 13.8. The van der Waals surface area contributed by atoms with Crippen LogP contribution in [0.2, 0.25) is 0 Å². The Kier molecular flexibility index (Phi) is 4.63. The first kappa shape index (κ1) is 14.5. The quantitative estimate of drug-likeness (QED) is 0.641. The molecule has 2 aromatic rings. The third-order valence-electron chi connectivity index (χ3n) is 2.96. The molecule has 2 rings (SSSR count). The maximum Gasteiger partial charge on any atom is 0.129 e. The number of methoxy groups -OCH3 is 1. The van der Waals surface area contributed by atoms with E-state index in [0.29, 0.717) is 5.56 Å². The number of halogens is 3. The molecule has 100 valence electrons. The molecular formula is C15H13Br2FO. The first-order chi connectivity index (χ1) is 9.04. The van der Waals surface area contributed by atoms with E-state index < -0.39 is 0 Å². The first-order valence-corrected chi connectivity index (χ1v) is 7.48. The monoisotopic (exact) mass is 386 g/mol. The summed E-state index contributed by atoms with van der Waals surface area (Å²) in [7, 11) is 1.64. The lowest BCUT2D eigenvalue weighted by Gasteiger charge is -2.15. The van der Waals surface area contributed by atoms with E-state index in [4.69, 9.17) is 4.74 Å². The molecule has 19 heavy (non-hydrogen) atoms. The summed E-state index contributed by atoms with van der Waals surface area (Å²) in [5, 5.41) is 0. The number of hydrogen-bond donors (Lipinski definition) is 0. The molecule has 0 saturated carbocycles. The molecule has 0 N–H and O–H groups in total. The van der Waals surface area contributed by atoms with E-state index in [1.54, 1.807) is 13.2 Å². The Morgan fingerprint density at radius 2 is 1.95 bits per heavy atom. The van der Waals surface area contributed by atoms with Crippen LogP contribution in [0.3, 0.4) is 0 Å². The van der Waals surface area contributed by atoms with Crippen molar-refractivity contribution in [1.29, 1.82) is 0 Å². The van der Waals surface area contributed by atoms with Crippen LogP contribution in [0.5, 0.6) is 5.75 Å². The van der Waals surface area contributed by atoms with Crippen molar-refractivity contribution in [3.8, 4) is 5.75 Å². The molecule has 0 aliphatic carbocycles. The number of rotatable bonds is 3. The van der Waals surface area contributed by atoms with Crippen LogP contribution in [0.15, 0.2) is 40.9 Å². The van der Waals surface area contributed by atoms with Gasteiger partial charge < -0.3 is 4.74 Å². The molecule has 2 aromatic carbocycles. The number of ether oxygens (including phenoxy) is 1. The molecule has 0 spiro atoms. The molecule has 0 bridgehead atoms. The molecule has 0 aliphatic heterocycles. The summed E-state index contributed by atoms with van der Waals surface area (Å²) < 4.78 is 19.9. The largest absolute Gasteiger partial charge is 0.496 e. The summed E-state index contributed by atoms with van der Waals surface area (Å²) in [5.74, 6) is 0.598. The molecule has 0 aliphatic rings. The van der Waals surface area contributed by atoms with Crippen molar-refractivity contribution in [3.05, 3.63) is 63.4 Å². The summed E-state index contributed by atoms with van der Waals surface area (Å²) in [6.45, 7) is 1.97. The van der Waals surface area contributed by atoms with Crippen LogP contribution >= 0.6 is 31.9 Å². The van der Waals surface area contributed by atoms with Crippen LogP contribution in [0.4, 0.5) is 4.39 Å². The van der Waals surface area contributed by atoms with Crippen molar-refractivity contribution in [2.75, 3.05) is 7.11 Å². The Bertz CT molecular complexity index is 578. The van der Waals surface area contributed by atoms with Gasteiger partial charge in [-0.05, 0) is 36.2 Å². The molecule has 0 saturated heterocycles. The third-order valence-corrected chi connectivity index (χ3v) is 4.64. The Hall–Kier alpha value is -0.870. The van der Waals surface area contributed by atoms with Gasteiger partial charge in [0.1, 0.15) is 11.6 Å². The SMILES string of the molecule is COc1ccc(C(Br)c2c(F)cccc2Br)cc1C. The minimum atomic E-state index is -0.232. The molecule has 0 amide bonds. The van der Waals surface area contributed by atoms with Gasteiger partial charge in [0.2, 0.25) is 0 Å². The van der Waals surface area contributed by atoms with Crippen molar-refractivity contribution in [2.24, 2.45) is 0 Å². The van der Waals surface area contributed by atoms with Crippen LogP contribution in [0.25, 0.3) is 0 Å². The number of alkyl halides is 1. The highest BCUT2D eigenvalue weighted by Gasteiger charge is 2.18. The second-order valence-electron chi connectivity index (χ2n) is 4.23. The van der Waals surface area contributed by atoms with Gasteiger partial charge in [-0.3, -0.25) is 0 Å². The van der Waals surface area contributed by atoms with E-state index in [2.05, 4.69) is 31.9 Å². The van der Waals surface area contributed by atoms with Gasteiger partial charge in [0, 0.05) is 10.0 Å². The molecule has 1 nitrogen and oxygen atoms in total. The summed E-state index contributed by atoms with van der Waals surface area (Å²) in [5.41, 5.74) is 2.62. The highest BCUT2D eigenvalue weighted by Crippen LogP contribution is 2.38. The third kappa shape index (κ3) is 3.00. The zero-order valence-electron chi connectivity index (χ0n) is 10.6. The minimum Gasteiger partial charge on any atom is -0.496 e. The fraction of sp³-hybridized carbons (Fsp3) is 0.200. The first-order valence-electron chi connectivity index (χ1n) is 5.77. The Balaban J connectivity index is 2.44. The van der Waals surface area contributed by atoms with Gasteiger partial charge in [-0.1, -0.05) is 50.1 Å². The highest BCUT2D eigenvalue weighted by molar-refractivity contribution is 9.11. The minimum absolute atomic E-state index is 0.201. The van der Waals surface area contributed by atoms with Crippen molar-refractivity contribution in [3.63, 3.8) is 0 Å². The van der Waals surface area contributed by atoms with Crippen molar-refractivity contribution in [2.45, 2.75) is 11.8 Å². The average molecular weight is 388 g/mol. The molecule has 0 heterocycles. The maximum atomic E-state index is 13.9. The van der Waals surface area contributed by atoms with Crippen LogP contribution < -0.4 is 4.74 Å². The second kappa shape index (κ2) is 6.06. The molecule has 4 heteroatoms. The van der Waals surface area contributed by atoms with Crippen molar-refractivity contribution >= 4 is 31.9 Å². The average Bonchev–Trinajstić information content (AvgIpc) is 2.38. The number of hydrogen-bond acceptors (Lipinski definition) is 1. The van der Waals surface area contributed by atoms with Gasteiger partial charge in [-0.25, -0.2) is 4.39 Å². The van der Waals surface area contributed by atoms with E-state index in [-0.39, 0.29) is 10.6 Å². The van der Waals surface area contributed by atoms with Gasteiger partial charge in [-0.2, -0.15) is 0 Å². The summed E-state index contributed by atoms with van der Waals surface area (Å²) in [6.07, 6.45) is 0.